The molecule has 0 saturated heterocycles. The van der Waals surface area contributed by atoms with Crippen LogP contribution in [0.2, 0.25) is 0 Å². The number of hydrogen-bond acceptors (Lipinski definition) is 6. The van der Waals surface area contributed by atoms with Crippen LogP contribution in [0, 0.1) is 5.82 Å². The van der Waals surface area contributed by atoms with Gasteiger partial charge < -0.3 is 10.5 Å². The Morgan fingerprint density at radius 3 is 2.41 bits per heavy atom. The zero-order chi connectivity index (χ0) is 18.8. The van der Waals surface area contributed by atoms with Crippen molar-refractivity contribution in [3.8, 4) is 23.0 Å². The number of nitrogens with zero attached hydrogens (tertiary/aromatic N) is 4. The Balaban J connectivity index is 1.75. The molecule has 6 nitrogen and oxygen atoms in total. The van der Waals surface area contributed by atoms with Gasteiger partial charge in [-0.25, -0.2) is 23.7 Å². The van der Waals surface area contributed by atoms with E-state index in [2.05, 4.69) is 19.9 Å². The minimum absolute atomic E-state index is 0.0350. The van der Waals surface area contributed by atoms with E-state index in [1.165, 1.54) is 24.8 Å². The number of halogens is 2. The first kappa shape index (κ1) is 17.3. The fourth-order valence-corrected chi connectivity index (χ4v) is 2.95. The van der Waals surface area contributed by atoms with Crippen LogP contribution in [-0.4, -0.2) is 19.9 Å². The highest BCUT2D eigenvalue weighted by Gasteiger charge is 2.27. The van der Waals surface area contributed by atoms with E-state index in [1.807, 2.05) is 6.07 Å². The average molecular weight is 369 g/mol. The van der Waals surface area contributed by atoms with E-state index >= 15 is 4.39 Å². The maximum Gasteiger partial charge on any atom is 0.321 e. The third-order valence-electron chi connectivity index (χ3n) is 4.65. The molecule has 1 aliphatic rings. The fourth-order valence-electron chi connectivity index (χ4n) is 2.95. The van der Waals surface area contributed by atoms with Crippen LogP contribution in [0.4, 0.5) is 14.6 Å². The molecule has 3 aromatic rings. The minimum Gasteiger partial charge on any atom is -0.421 e. The standard InChI is InChI=1S/C19H17F2N5O/c20-6-11-7-25-19(26-8-11)27-18-13(12-2-1-3-12)4-5-14(17(18)21)15-9-24-16(22)10-23-15/h4-5,7-10,12H,1-3,6H2,(H2,22,24). The van der Waals surface area contributed by atoms with Crippen LogP contribution in [0.25, 0.3) is 11.3 Å². The highest BCUT2D eigenvalue weighted by atomic mass is 19.1. The summed E-state index contributed by atoms with van der Waals surface area (Å²) in [4.78, 5) is 16.0. The molecule has 1 aromatic carbocycles. The first-order valence-electron chi connectivity index (χ1n) is 8.60. The summed E-state index contributed by atoms with van der Waals surface area (Å²) in [7, 11) is 0. The molecular formula is C19H17F2N5O. The Morgan fingerprint density at radius 2 is 1.81 bits per heavy atom. The van der Waals surface area contributed by atoms with Crippen LogP contribution < -0.4 is 10.5 Å². The van der Waals surface area contributed by atoms with Crippen molar-refractivity contribution in [2.24, 2.45) is 0 Å². The lowest BCUT2D eigenvalue weighted by Crippen LogP contribution is -2.11. The van der Waals surface area contributed by atoms with Gasteiger partial charge >= 0.3 is 6.01 Å². The number of nitrogens with two attached hydrogens (primary N) is 1. The van der Waals surface area contributed by atoms with Crippen molar-refractivity contribution in [1.82, 2.24) is 19.9 Å². The lowest BCUT2D eigenvalue weighted by atomic mass is 9.79. The summed E-state index contributed by atoms with van der Waals surface area (Å²) >= 11 is 0. The maximum absolute atomic E-state index is 15.3. The number of nitrogen functional groups attached to an aromatic ring is 1. The summed E-state index contributed by atoms with van der Waals surface area (Å²) in [5.74, 6) is -0.00491. The number of alkyl halides is 1. The van der Waals surface area contributed by atoms with E-state index in [1.54, 1.807) is 6.07 Å². The Hall–Kier alpha value is -3.16. The molecule has 1 fully saturated rings. The number of ether oxygens (including phenoxy) is 1. The van der Waals surface area contributed by atoms with E-state index in [-0.39, 0.29) is 29.1 Å². The van der Waals surface area contributed by atoms with Crippen molar-refractivity contribution < 1.29 is 13.5 Å². The summed E-state index contributed by atoms with van der Waals surface area (Å²) in [6.45, 7) is -0.673. The molecule has 4 rings (SSSR count). The Kier molecular flexibility index (Phi) is 4.62. The Bertz CT molecular complexity index is 944. The number of hydrogen-bond donors (Lipinski definition) is 1. The van der Waals surface area contributed by atoms with E-state index in [9.17, 15) is 4.39 Å². The van der Waals surface area contributed by atoms with E-state index in [4.69, 9.17) is 10.5 Å². The SMILES string of the molecule is Nc1cnc(-c2ccc(C3CCC3)c(Oc3ncc(CF)cn3)c2F)cn1. The van der Waals surface area contributed by atoms with Gasteiger partial charge in [0.05, 0.1) is 18.1 Å². The monoisotopic (exact) mass is 369 g/mol. The Morgan fingerprint density at radius 1 is 1.04 bits per heavy atom. The smallest absolute Gasteiger partial charge is 0.321 e. The molecule has 138 valence electrons. The predicted octanol–water partition coefficient (Wildman–Crippen LogP) is 4.18. The molecule has 0 bridgehead atoms. The molecular weight excluding hydrogens is 352 g/mol. The van der Waals surface area contributed by atoms with Crippen LogP contribution >= 0.6 is 0 Å². The van der Waals surface area contributed by atoms with Gasteiger partial charge in [-0.3, -0.25) is 4.98 Å². The van der Waals surface area contributed by atoms with Crippen LogP contribution in [0.15, 0.2) is 36.9 Å². The van der Waals surface area contributed by atoms with Crippen molar-refractivity contribution in [3.63, 3.8) is 0 Å². The topological polar surface area (TPSA) is 86.8 Å². The lowest BCUT2D eigenvalue weighted by molar-refractivity contribution is 0.370. The van der Waals surface area contributed by atoms with E-state index in [0.29, 0.717) is 11.3 Å². The van der Waals surface area contributed by atoms with Crippen LogP contribution in [0.1, 0.15) is 36.3 Å². The van der Waals surface area contributed by atoms with Gasteiger partial charge in [-0.05, 0) is 24.8 Å². The average Bonchev–Trinajstić information content (AvgIpc) is 2.65. The van der Waals surface area contributed by atoms with Gasteiger partial charge in [-0.2, -0.15) is 0 Å². The summed E-state index contributed by atoms with van der Waals surface area (Å²) in [5, 5.41) is 0. The second-order valence-electron chi connectivity index (χ2n) is 6.41. The first-order valence-corrected chi connectivity index (χ1v) is 8.60. The molecule has 2 N–H and O–H groups in total. The van der Waals surface area contributed by atoms with Gasteiger partial charge in [0.2, 0.25) is 0 Å². The zero-order valence-electron chi connectivity index (χ0n) is 14.4. The molecule has 2 heterocycles. The van der Waals surface area contributed by atoms with Crippen molar-refractivity contribution in [2.75, 3.05) is 5.73 Å². The predicted molar refractivity (Wildman–Crippen MR) is 95.3 cm³/mol. The van der Waals surface area contributed by atoms with Gasteiger partial charge in [0.15, 0.2) is 11.6 Å². The van der Waals surface area contributed by atoms with Crippen molar-refractivity contribution in [2.45, 2.75) is 31.9 Å². The highest BCUT2D eigenvalue weighted by Crippen LogP contribution is 2.44. The van der Waals surface area contributed by atoms with Crippen LogP contribution in [0.3, 0.4) is 0 Å². The zero-order valence-corrected chi connectivity index (χ0v) is 14.4. The molecule has 27 heavy (non-hydrogen) atoms. The third-order valence-corrected chi connectivity index (χ3v) is 4.65. The molecule has 0 unspecified atom stereocenters. The second kappa shape index (κ2) is 7.22. The quantitative estimate of drug-likeness (QED) is 0.726. The largest absolute Gasteiger partial charge is 0.421 e. The van der Waals surface area contributed by atoms with Gasteiger partial charge in [0.1, 0.15) is 12.5 Å². The van der Waals surface area contributed by atoms with E-state index < -0.39 is 12.5 Å². The third kappa shape index (κ3) is 3.42. The molecule has 1 saturated carbocycles. The number of anilines is 1. The van der Waals surface area contributed by atoms with Gasteiger partial charge in [-0.1, -0.05) is 12.5 Å². The summed E-state index contributed by atoms with van der Waals surface area (Å²) in [5.41, 5.74) is 7.25. The van der Waals surface area contributed by atoms with Crippen LogP contribution in [0.5, 0.6) is 11.8 Å². The van der Waals surface area contributed by atoms with Crippen molar-refractivity contribution in [1.29, 1.82) is 0 Å². The lowest BCUT2D eigenvalue weighted by Gasteiger charge is -2.28. The number of rotatable bonds is 5. The normalized spacial score (nSPS) is 14.0. The molecule has 0 amide bonds. The van der Waals surface area contributed by atoms with Gasteiger partial charge in [0, 0.05) is 29.1 Å². The number of aromatic nitrogens is 4. The maximum atomic E-state index is 15.3. The van der Waals surface area contributed by atoms with E-state index in [0.717, 1.165) is 24.8 Å². The summed E-state index contributed by atoms with van der Waals surface area (Å²) in [6.07, 6.45) is 8.45. The fraction of sp³-hybridized carbons (Fsp3) is 0.263. The number of benzene rings is 1. The molecule has 0 aliphatic heterocycles. The summed E-state index contributed by atoms with van der Waals surface area (Å²) < 4.78 is 33.7. The minimum atomic E-state index is -0.673. The molecule has 2 aromatic heterocycles. The van der Waals surface area contributed by atoms with Crippen molar-refractivity contribution in [3.05, 3.63) is 53.9 Å². The highest BCUT2D eigenvalue weighted by molar-refractivity contribution is 5.64. The molecule has 0 atom stereocenters. The van der Waals surface area contributed by atoms with Crippen LogP contribution in [-0.2, 0) is 6.67 Å². The Labute approximate surface area is 154 Å². The van der Waals surface area contributed by atoms with Crippen molar-refractivity contribution >= 4 is 5.82 Å². The summed E-state index contributed by atoms with van der Waals surface area (Å²) in [6, 6.07) is 3.47. The van der Waals surface area contributed by atoms with Gasteiger partial charge in [0.25, 0.3) is 0 Å². The molecule has 1 aliphatic carbocycles. The van der Waals surface area contributed by atoms with Gasteiger partial charge in [-0.15, -0.1) is 0 Å². The first-order chi connectivity index (χ1) is 13.2. The second-order valence-corrected chi connectivity index (χ2v) is 6.41. The molecule has 0 spiro atoms. The molecule has 0 radical (unpaired) electrons. The molecule has 8 heteroatoms.